The van der Waals surface area contributed by atoms with Gasteiger partial charge in [0.25, 0.3) is 0 Å². The number of rotatable bonds is 1. The van der Waals surface area contributed by atoms with Crippen molar-refractivity contribution < 1.29 is 4.79 Å². The minimum atomic E-state index is -0.262. The van der Waals surface area contributed by atoms with Crippen LogP contribution in [0.5, 0.6) is 0 Å². The van der Waals surface area contributed by atoms with Crippen molar-refractivity contribution in [3.63, 3.8) is 0 Å². The highest BCUT2D eigenvalue weighted by atomic mass is 16.1. The van der Waals surface area contributed by atoms with E-state index in [2.05, 4.69) is 6.58 Å². The van der Waals surface area contributed by atoms with E-state index in [9.17, 15) is 4.79 Å². The first-order valence-corrected chi connectivity index (χ1v) is 1.78. The minimum absolute atomic E-state index is 0.0139. The van der Waals surface area contributed by atoms with Gasteiger partial charge in [-0.05, 0) is 6.92 Å². The van der Waals surface area contributed by atoms with E-state index in [4.69, 9.17) is 5.26 Å². The molecule has 0 aromatic heterocycles. The van der Waals surface area contributed by atoms with Crippen LogP contribution < -0.4 is 0 Å². The van der Waals surface area contributed by atoms with Gasteiger partial charge in [-0.3, -0.25) is 4.79 Å². The minimum Gasteiger partial charge on any atom is -0.294 e. The second-order valence-electron chi connectivity index (χ2n) is 1.15. The van der Waals surface area contributed by atoms with Crippen LogP contribution in [-0.4, -0.2) is 5.78 Å². The van der Waals surface area contributed by atoms with Crippen LogP contribution in [0.2, 0.25) is 0 Å². The quantitative estimate of drug-likeness (QED) is 0.354. The van der Waals surface area contributed by atoms with Gasteiger partial charge in [-0.25, -0.2) is 0 Å². The predicted molar refractivity (Wildman–Crippen MR) is 25.4 cm³/mol. The molecule has 0 rings (SSSR count). The first-order chi connectivity index (χ1) is 3.18. The molecular weight excluding hydrogens is 90.1 g/mol. The molecule has 0 atom stereocenters. The number of allylic oxidation sites excluding steroid dienone is 1. The van der Waals surface area contributed by atoms with Crippen LogP contribution in [0.4, 0.5) is 0 Å². The van der Waals surface area contributed by atoms with Crippen LogP contribution in [0.15, 0.2) is 12.2 Å². The number of nitrogens with zero attached hydrogens (tertiary/aromatic N) is 1. The molecule has 36 valence electrons. The molecule has 0 spiro atoms. The summed E-state index contributed by atoms with van der Waals surface area (Å²) in [4.78, 5) is 10.1. The molecule has 2 nitrogen and oxygen atoms in total. The van der Waals surface area contributed by atoms with Crippen LogP contribution in [0.1, 0.15) is 6.92 Å². The largest absolute Gasteiger partial charge is 0.294 e. The first kappa shape index (κ1) is 5.90. The van der Waals surface area contributed by atoms with E-state index >= 15 is 0 Å². The fourth-order valence-electron chi connectivity index (χ4n) is 0.0787. The molecule has 0 aliphatic carbocycles. The molecular formula is C5H5NO. The highest BCUT2D eigenvalue weighted by Crippen LogP contribution is 1.84. The predicted octanol–water partition coefficient (Wildman–Crippen LogP) is 0.655. The summed E-state index contributed by atoms with van der Waals surface area (Å²) in [5, 5.41) is 7.93. The van der Waals surface area contributed by atoms with E-state index in [1.165, 1.54) is 6.92 Å². The maximum Gasteiger partial charge on any atom is 0.169 e. The molecule has 0 amide bonds. The highest BCUT2D eigenvalue weighted by molar-refractivity contribution is 5.96. The summed E-state index contributed by atoms with van der Waals surface area (Å²) in [7, 11) is 0. The Kier molecular flexibility index (Phi) is 1.80. The number of nitriles is 1. The summed E-state index contributed by atoms with van der Waals surface area (Å²) >= 11 is 0. The number of carbonyl (C=O) groups excluding carboxylic acids is 1. The van der Waals surface area contributed by atoms with Crippen molar-refractivity contribution in [2.24, 2.45) is 0 Å². The fraction of sp³-hybridized carbons (Fsp3) is 0.200. The number of carbonyl (C=O) groups is 1. The molecule has 0 heterocycles. The number of Topliss-reactive ketones (excluding diaryl/α,β-unsaturated/α-hetero) is 1. The normalized spacial score (nSPS) is 6.86. The molecule has 0 saturated heterocycles. The lowest BCUT2D eigenvalue weighted by atomic mass is 10.2. The van der Waals surface area contributed by atoms with Crippen molar-refractivity contribution in [3.8, 4) is 6.07 Å². The standard InChI is InChI=1S/C5H5NO/c1-4(3-6)5(2)7/h1H2,2H3. The topological polar surface area (TPSA) is 40.9 Å². The summed E-state index contributed by atoms with van der Waals surface area (Å²) in [5.74, 6) is -0.262. The molecule has 0 saturated carbocycles. The molecule has 0 aromatic rings. The van der Waals surface area contributed by atoms with Gasteiger partial charge in [-0.1, -0.05) is 6.58 Å². The molecule has 0 fully saturated rings. The Labute approximate surface area is 42.1 Å². The Morgan fingerprint density at radius 2 is 2.29 bits per heavy atom. The third kappa shape index (κ3) is 1.72. The second-order valence-corrected chi connectivity index (χ2v) is 1.15. The molecule has 0 N–H and O–H groups in total. The van der Waals surface area contributed by atoms with Crippen molar-refractivity contribution in [1.82, 2.24) is 0 Å². The van der Waals surface area contributed by atoms with Gasteiger partial charge in [0.2, 0.25) is 0 Å². The van der Waals surface area contributed by atoms with Crippen molar-refractivity contribution in [1.29, 1.82) is 5.26 Å². The van der Waals surface area contributed by atoms with Gasteiger partial charge < -0.3 is 0 Å². The van der Waals surface area contributed by atoms with E-state index in [0.29, 0.717) is 0 Å². The average molecular weight is 95.1 g/mol. The lowest BCUT2D eigenvalue weighted by Crippen LogP contribution is -1.88. The van der Waals surface area contributed by atoms with E-state index in [0.717, 1.165) is 0 Å². The van der Waals surface area contributed by atoms with Gasteiger partial charge in [0.15, 0.2) is 5.78 Å². The molecule has 0 radical (unpaired) electrons. The van der Waals surface area contributed by atoms with Crippen molar-refractivity contribution in [2.45, 2.75) is 6.92 Å². The van der Waals surface area contributed by atoms with Crippen LogP contribution in [0.25, 0.3) is 0 Å². The zero-order valence-corrected chi connectivity index (χ0v) is 4.06. The second kappa shape index (κ2) is 2.14. The lowest BCUT2D eigenvalue weighted by molar-refractivity contribution is -0.113. The molecule has 0 aliphatic rings. The zero-order chi connectivity index (χ0) is 5.86. The summed E-state index contributed by atoms with van der Waals surface area (Å²) in [6.07, 6.45) is 0. The van der Waals surface area contributed by atoms with Crippen LogP contribution in [-0.2, 0) is 4.79 Å². The van der Waals surface area contributed by atoms with Gasteiger partial charge in [0, 0.05) is 0 Å². The van der Waals surface area contributed by atoms with Gasteiger partial charge in [-0.2, -0.15) is 5.26 Å². The highest BCUT2D eigenvalue weighted by Gasteiger charge is 1.93. The van der Waals surface area contributed by atoms with Crippen molar-refractivity contribution in [3.05, 3.63) is 12.2 Å². The van der Waals surface area contributed by atoms with Gasteiger partial charge >= 0.3 is 0 Å². The van der Waals surface area contributed by atoms with Gasteiger partial charge in [0.05, 0.1) is 5.57 Å². The molecule has 0 unspecified atom stereocenters. The Balaban J connectivity index is 3.90. The number of hydrogen-bond donors (Lipinski definition) is 0. The number of hydrogen-bond acceptors (Lipinski definition) is 2. The van der Waals surface area contributed by atoms with E-state index < -0.39 is 0 Å². The maximum atomic E-state index is 10.1. The summed E-state index contributed by atoms with van der Waals surface area (Å²) in [5.41, 5.74) is 0.0139. The van der Waals surface area contributed by atoms with Crippen LogP contribution in [0, 0.1) is 11.3 Å². The Morgan fingerprint density at radius 1 is 1.86 bits per heavy atom. The Morgan fingerprint density at radius 3 is 2.29 bits per heavy atom. The van der Waals surface area contributed by atoms with E-state index in [1.807, 2.05) is 0 Å². The van der Waals surface area contributed by atoms with E-state index in [-0.39, 0.29) is 11.4 Å². The smallest absolute Gasteiger partial charge is 0.169 e. The maximum absolute atomic E-state index is 10.1. The van der Waals surface area contributed by atoms with Crippen molar-refractivity contribution >= 4 is 5.78 Å². The van der Waals surface area contributed by atoms with Gasteiger partial charge in [-0.15, -0.1) is 0 Å². The Hall–Kier alpha value is -1.10. The molecule has 0 bridgehead atoms. The third-order valence-electron chi connectivity index (χ3n) is 0.560. The SMILES string of the molecule is C=C(C#N)C(C)=O. The van der Waals surface area contributed by atoms with E-state index in [1.54, 1.807) is 6.07 Å². The van der Waals surface area contributed by atoms with Gasteiger partial charge in [0.1, 0.15) is 6.07 Å². The summed E-state index contributed by atoms with van der Waals surface area (Å²) < 4.78 is 0. The molecule has 0 aromatic carbocycles. The Bertz CT molecular complexity index is 141. The molecule has 7 heavy (non-hydrogen) atoms. The average Bonchev–Trinajstić information content (AvgIpc) is 1.65. The fourth-order valence-corrected chi connectivity index (χ4v) is 0.0787. The van der Waals surface area contributed by atoms with Crippen LogP contribution >= 0.6 is 0 Å². The lowest BCUT2D eigenvalue weighted by Gasteiger charge is -1.77. The first-order valence-electron chi connectivity index (χ1n) is 1.78. The monoisotopic (exact) mass is 95.0 g/mol. The summed E-state index contributed by atoms with van der Waals surface area (Å²) in [6.45, 7) is 4.47. The molecule has 0 aliphatic heterocycles. The van der Waals surface area contributed by atoms with Crippen LogP contribution in [0.3, 0.4) is 0 Å². The van der Waals surface area contributed by atoms with Crippen molar-refractivity contribution in [2.75, 3.05) is 0 Å². The summed E-state index contributed by atoms with van der Waals surface area (Å²) in [6, 6.07) is 1.62. The number of ketones is 1. The zero-order valence-electron chi connectivity index (χ0n) is 4.06. The third-order valence-corrected chi connectivity index (χ3v) is 0.560. The molecule has 2 heteroatoms.